The summed E-state index contributed by atoms with van der Waals surface area (Å²) in [6.07, 6.45) is 2.88. The zero-order valence-electron chi connectivity index (χ0n) is 15.3. The number of nitrogens with zero attached hydrogens (tertiary/aromatic N) is 1. The molecule has 1 amide bonds. The highest BCUT2D eigenvalue weighted by Gasteiger charge is 2.28. The molecule has 0 aliphatic heterocycles. The Bertz CT molecular complexity index is 783. The van der Waals surface area contributed by atoms with Gasteiger partial charge in [-0.3, -0.25) is 9.69 Å². The number of anilines is 1. The van der Waals surface area contributed by atoms with Gasteiger partial charge in [0.2, 0.25) is 5.91 Å². The molecule has 1 aliphatic carbocycles. The molecule has 1 aliphatic rings. The number of carbonyl (C=O) groups excluding carboxylic acids is 2. The minimum Gasteiger partial charge on any atom is -0.465 e. The summed E-state index contributed by atoms with van der Waals surface area (Å²) < 4.78 is 4.97. The van der Waals surface area contributed by atoms with Gasteiger partial charge < -0.3 is 10.1 Å². The first kappa shape index (κ1) is 19.1. The SMILES string of the molecule is COC(=O)c1c(NC(=O)CN(C)Cc2ccsc2)sc2c1CC[C@@H](C)C2. The van der Waals surface area contributed by atoms with Crippen molar-refractivity contribution in [3.63, 3.8) is 0 Å². The summed E-state index contributed by atoms with van der Waals surface area (Å²) in [6.45, 7) is 3.22. The highest BCUT2D eigenvalue weighted by Crippen LogP contribution is 2.40. The van der Waals surface area contributed by atoms with Gasteiger partial charge in [0, 0.05) is 11.4 Å². The Morgan fingerprint density at radius 1 is 1.42 bits per heavy atom. The van der Waals surface area contributed by atoms with Crippen molar-refractivity contribution in [3.8, 4) is 0 Å². The Kier molecular flexibility index (Phi) is 6.11. The molecule has 3 rings (SSSR count). The van der Waals surface area contributed by atoms with Crippen molar-refractivity contribution >= 4 is 39.6 Å². The van der Waals surface area contributed by atoms with E-state index in [1.54, 1.807) is 11.3 Å². The molecular weight excluding hydrogens is 368 g/mol. The Balaban J connectivity index is 1.72. The number of ether oxygens (including phenoxy) is 1. The van der Waals surface area contributed by atoms with Crippen LogP contribution in [0.3, 0.4) is 0 Å². The maximum absolute atomic E-state index is 12.5. The normalized spacial score (nSPS) is 16.4. The molecule has 1 N–H and O–H groups in total. The molecule has 0 spiro atoms. The second kappa shape index (κ2) is 8.33. The van der Waals surface area contributed by atoms with Crippen LogP contribution in [-0.4, -0.2) is 37.5 Å². The molecule has 7 heteroatoms. The average molecular weight is 393 g/mol. The number of carbonyl (C=O) groups is 2. The number of hydrogen-bond donors (Lipinski definition) is 1. The van der Waals surface area contributed by atoms with Crippen molar-refractivity contribution < 1.29 is 14.3 Å². The topological polar surface area (TPSA) is 58.6 Å². The van der Waals surface area contributed by atoms with Crippen LogP contribution in [0.1, 0.15) is 39.7 Å². The first-order valence-corrected chi connectivity index (χ1v) is 10.5. The first-order chi connectivity index (χ1) is 12.5. The van der Waals surface area contributed by atoms with Crippen molar-refractivity contribution in [2.75, 3.05) is 26.0 Å². The molecule has 1 atom stereocenters. The fourth-order valence-electron chi connectivity index (χ4n) is 3.32. The largest absolute Gasteiger partial charge is 0.465 e. The summed E-state index contributed by atoms with van der Waals surface area (Å²) >= 11 is 3.17. The molecule has 0 bridgehead atoms. The molecule has 0 radical (unpaired) electrons. The van der Waals surface area contributed by atoms with Crippen LogP contribution in [-0.2, 0) is 28.9 Å². The van der Waals surface area contributed by atoms with Crippen molar-refractivity contribution in [3.05, 3.63) is 38.4 Å². The van der Waals surface area contributed by atoms with Gasteiger partial charge in [0.15, 0.2) is 0 Å². The highest BCUT2D eigenvalue weighted by atomic mass is 32.1. The lowest BCUT2D eigenvalue weighted by Crippen LogP contribution is -2.30. The third-order valence-corrected chi connectivity index (χ3v) is 6.50. The summed E-state index contributed by atoms with van der Waals surface area (Å²) in [4.78, 5) is 27.9. The number of likely N-dealkylation sites (N-methyl/N-ethyl adjacent to an activating group) is 1. The summed E-state index contributed by atoms with van der Waals surface area (Å²) in [5.74, 6) is 0.130. The van der Waals surface area contributed by atoms with Crippen LogP contribution >= 0.6 is 22.7 Å². The molecule has 0 fully saturated rings. The number of thiophene rings is 2. The fraction of sp³-hybridized carbons (Fsp3) is 0.474. The molecule has 5 nitrogen and oxygen atoms in total. The van der Waals surface area contributed by atoms with Gasteiger partial charge in [0.05, 0.1) is 19.2 Å². The fourth-order valence-corrected chi connectivity index (χ4v) is 5.39. The molecule has 0 saturated heterocycles. The molecule has 26 heavy (non-hydrogen) atoms. The van der Waals surface area contributed by atoms with E-state index in [-0.39, 0.29) is 18.4 Å². The van der Waals surface area contributed by atoms with E-state index in [2.05, 4.69) is 23.7 Å². The van der Waals surface area contributed by atoms with E-state index >= 15 is 0 Å². The number of rotatable bonds is 6. The number of hydrogen-bond acceptors (Lipinski definition) is 6. The van der Waals surface area contributed by atoms with Gasteiger partial charge in [-0.05, 0) is 60.2 Å². The monoisotopic (exact) mass is 392 g/mol. The molecule has 2 aromatic heterocycles. The molecule has 0 unspecified atom stereocenters. The number of esters is 1. The number of amides is 1. The quantitative estimate of drug-likeness (QED) is 0.760. The minimum absolute atomic E-state index is 0.112. The lowest BCUT2D eigenvalue weighted by atomic mass is 9.88. The summed E-state index contributed by atoms with van der Waals surface area (Å²) in [7, 11) is 3.30. The van der Waals surface area contributed by atoms with Gasteiger partial charge in [-0.25, -0.2) is 4.79 Å². The van der Waals surface area contributed by atoms with Gasteiger partial charge in [0.1, 0.15) is 5.00 Å². The second-order valence-corrected chi connectivity index (χ2v) is 8.78. The van der Waals surface area contributed by atoms with Crippen LogP contribution < -0.4 is 5.32 Å². The predicted octanol–water partition coefficient (Wildman–Crippen LogP) is 3.79. The van der Waals surface area contributed by atoms with E-state index in [0.29, 0.717) is 16.5 Å². The van der Waals surface area contributed by atoms with Gasteiger partial charge in [-0.1, -0.05) is 6.92 Å². The van der Waals surface area contributed by atoms with Crippen LogP contribution in [0, 0.1) is 5.92 Å². The van der Waals surface area contributed by atoms with Crippen LogP contribution in [0.2, 0.25) is 0 Å². The van der Waals surface area contributed by atoms with Crippen LogP contribution in [0.5, 0.6) is 0 Å². The maximum atomic E-state index is 12.5. The zero-order valence-corrected chi connectivity index (χ0v) is 17.0. The van der Waals surface area contributed by atoms with Crippen LogP contribution in [0.4, 0.5) is 5.00 Å². The lowest BCUT2D eigenvalue weighted by molar-refractivity contribution is -0.117. The highest BCUT2D eigenvalue weighted by molar-refractivity contribution is 7.17. The van der Waals surface area contributed by atoms with Gasteiger partial charge >= 0.3 is 5.97 Å². The number of nitrogens with one attached hydrogen (secondary N) is 1. The van der Waals surface area contributed by atoms with E-state index in [1.165, 1.54) is 28.9 Å². The van der Waals surface area contributed by atoms with Gasteiger partial charge in [0.25, 0.3) is 0 Å². The zero-order chi connectivity index (χ0) is 18.7. The third kappa shape index (κ3) is 4.34. The molecular formula is C19H24N2O3S2. The van der Waals surface area contributed by atoms with Crippen molar-refractivity contribution in [1.29, 1.82) is 0 Å². The van der Waals surface area contributed by atoms with Crippen LogP contribution in [0.15, 0.2) is 16.8 Å². The maximum Gasteiger partial charge on any atom is 0.341 e. The lowest BCUT2D eigenvalue weighted by Gasteiger charge is -2.18. The van der Waals surface area contributed by atoms with E-state index in [9.17, 15) is 9.59 Å². The average Bonchev–Trinajstić information content (AvgIpc) is 3.20. The van der Waals surface area contributed by atoms with Crippen molar-refractivity contribution in [1.82, 2.24) is 4.90 Å². The smallest absolute Gasteiger partial charge is 0.341 e. The van der Waals surface area contributed by atoms with Crippen molar-refractivity contribution in [2.24, 2.45) is 5.92 Å². The first-order valence-electron chi connectivity index (χ1n) is 8.70. The number of fused-ring (bicyclic) bond motifs is 1. The number of methoxy groups -OCH3 is 1. The Morgan fingerprint density at radius 3 is 2.92 bits per heavy atom. The van der Waals surface area contributed by atoms with Gasteiger partial charge in [-0.2, -0.15) is 11.3 Å². The summed E-state index contributed by atoms with van der Waals surface area (Å²) in [5, 5.41) is 7.69. The van der Waals surface area contributed by atoms with E-state index in [0.717, 1.165) is 31.4 Å². The molecule has 140 valence electrons. The van der Waals surface area contributed by atoms with E-state index < -0.39 is 0 Å². The van der Waals surface area contributed by atoms with E-state index in [4.69, 9.17) is 4.74 Å². The van der Waals surface area contributed by atoms with Crippen molar-refractivity contribution in [2.45, 2.75) is 32.7 Å². The van der Waals surface area contributed by atoms with Crippen LogP contribution in [0.25, 0.3) is 0 Å². The third-order valence-electron chi connectivity index (χ3n) is 4.60. The summed E-state index contributed by atoms with van der Waals surface area (Å²) in [5.41, 5.74) is 2.80. The Hall–Kier alpha value is -1.70. The van der Waals surface area contributed by atoms with Gasteiger partial charge in [-0.15, -0.1) is 11.3 Å². The van der Waals surface area contributed by atoms with E-state index in [1.807, 2.05) is 17.3 Å². The summed E-state index contributed by atoms with van der Waals surface area (Å²) in [6, 6.07) is 2.06. The Labute approximate surface area is 162 Å². The molecule has 0 saturated carbocycles. The predicted molar refractivity (Wildman–Crippen MR) is 106 cm³/mol. The molecule has 0 aromatic carbocycles. The Morgan fingerprint density at radius 2 is 2.23 bits per heavy atom. The minimum atomic E-state index is -0.362. The molecule has 2 heterocycles. The molecule has 2 aromatic rings. The second-order valence-electron chi connectivity index (χ2n) is 6.90. The standard InChI is InChI=1S/C19H24N2O3S2/c1-12-4-5-14-15(8-12)26-18(17(14)19(23)24-3)20-16(22)10-21(2)9-13-6-7-25-11-13/h6-7,11-12H,4-5,8-10H2,1-3H3,(H,20,22)/t12-/m1/s1.